The van der Waals surface area contributed by atoms with E-state index in [1.807, 2.05) is 18.2 Å². The molecule has 2 nitrogen and oxygen atoms in total. The molecule has 0 spiro atoms. The van der Waals surface area contributed by atoms with Crippen molar-refractivity contribution in [1.82, 2.24) is 9.88 Å². The summed E-state index contributed by atoms with van der Waals surface area (Å²) in [5.41, 5.74) is 4.63. The van der Waals surface area contributed by atoms with Gasteiger partial charge in [-0.2, -0.15) is 0 Å². The number of halogens is 1. The van der Waals surface area contributed by atoms with E-state index in [9.17, 15) is 4.39 Å². The van der Waals surface area contributed by atoms with Crippen molar-refractivity contribution in [2.75, 3.05) is 6.54 Å². The SMILES string of the molecule is Cc1ccccc1-c1cn(C[C@@H]2CCCN2)c2ccc(F)cc12. The molecule has 1 aliphatic heterocycles. The zero-order chi connectivity index (χ0) is 15.8. The number of hydrogen-bond acceptors (Lipinski definition) is 1. The van der Waals surface area contributed by atoms with Crippen LogP contribution in [-0.2, 0) is 6.54 Å². The standard InChI is InChI=1S/C20H21FN2/c1-14-5-2-3-7-17(14)19-13-23(12-16-6-4-10-22-16)20-9-8-15(21)11-18(19)20/h2-3,5,7-9,11,13,16,22H,4,6,10,12H2,1H3/t16-/m0/s1. The van der Waals surface area contributed by atoms with Crippen LogP contribution in [0.15, 0.2) is 48.7 Å². The number of nitrogens with one attached hydrogen (secondary N) is 1. The van der Waals surface area contributed by atoms with Gasteiger partial charge in [-0.05, 0) is 55.6 Å². The summed E-state index contributed by atoms with van der Waals surface area (Å²) >= 11 is 0. The number of nitrogens with zero attached hydrogens (tertiary/aromatic N) is 1. The Balaban J connectivity index is 1.86. The van der Waals surface area contributed by atoms with Crippen LogP contribution in [0.3, 0.4) is 0 Å². The molecule has 0 unspecified atom stereocenters. The molecule has 1 fully saturated rings. The Kier molecular flexibility index (Phi) is 3.66. The monoisotopic (exact) mass is 308 g/mol. The fraction of sp³-hybridized carbons (Fsp3) is 0.300. The molecule has 118 valence electrons. The van der Waals surface area contributed by atoms with Gasteiger partial charge in [-0.1, -0.05) is 24.3 Å². The van der Waals surface area contributed by atoms with Crippen LogP contribution in [0, 0.1) is 12.7 Å². The predicted molar refractivity (Wildman–Crippen MR) is 93.1 cm³/mol. The lowest BCUT2D eigenvalue weighted by atomic mass is 10.0. The van der Waals surface area contributed by atoms with Gasteiger partial charge in [-0.3, -0.25) is 0 Å². The van der Waals surface area contributed by atoms with Gasteiger partial charge < -0.3 is 9.88 Å². The number of hydrogen-bond donors (Lipinski definition) is 1. The van der Waals surface area contributed by atoms with Crippen LogP contribution < -0.4 is 5.32 Å². The summed E-state index contributed by atoms with van der Waals surface area (Å²) in [5, 5.41) is 4.54. The highest BCUT2D eigenvalue weighted by Crippen LogP contribution is 2.33. The van der Waals surface area contributed by atoms with Gasteiger partial charge in [0.15, 0.2) is 0 Å². The zero-order valence-electron chi connectivity index (χ0n) is 13.3. The molecule has 0 amide bonds. The van der Waals surface area contributed by atoms with Gasteiger partial charge >= 0.3 is 0 Å². The third-order valence-electron chi connectivity index (χ3n) is 4.86. The lowest BCUT2D eigenvalue weighted by Gasteiger charge is -2.12. The molecule has 0 bridgehead atoms. The maximum atomic E-state index is 13.8. The van der Waals surface area contributed by atoms with Crippen molar-refractivity contribution < 1.29 is 4.39 Å². The molecule has 4 rings (SSSR count). The van der Waals surface area contributed by atoms with E-state index < -0.39 is 0 Å². The molecular weight excluding hydrogens is 287 g/mol. The molecule has 0 aliphatic carbocycles. The topological polar surface area (TPSA) is 17.0 Å². The fourth-order valence-corrected chi connectivity index (χ4v) is 3.66. The summed E-state index contributed by atoms with van der Waals surface area (Å²) in [6.07, 6.45) is 4.64. The Hall–Kier alpha value is -2.13. The van der Waals surface area contributed by atoms with Crippen LogP contribution in [0.25, 0.3) is 22.0 Å². The van der Waals surface area contributed by atoms with Gasteiger partial charge in [0.25, 0.3) is 0 Å². The molecule has 1 atom stereocenters. The van der Waals surface area contributed by atoms with E-state index in [2.05, 4.69) is 35.1 Å². The van der Waals surface area contributed by atoms with E-state index in [-0.39, 0.29) is 5.82 Å². The van der Waals surface area contributed by atoms with Gasteiger partial charge in [0.05, 0.1) is 0 Å². The van der Waals surface area contributed by atoms with Crippen molar-refractivity contribution in [3.63, 3.8) is 0 Å². The Morgan fingerprint density at radius 1 is 1.17 bits per heavy atom. The van der Waals surface area contributed by atoms with E-state index in [0.717, 1.165) is 29.6 Å². The predicted octanol–water partition coefficient (Wildman–Crippen LogP) is 4.51. The number of fused-ring (bicyclic) bond motifs is 1. The third kappa shape index (κ3) is 2.66. The van der Waals surface area contributed by atoms with E-state index in [0.29, 0.717) is 6.04 Å². The second-order valence-corrected chi connectivity index (χ2v) is 6.46. The van der Waals surface area contributed by atoms with Crippen LogP contribution in [-0.4, -0.2) is 17.2 Å². The van der Waals surface area contributed by atoms with Crippen LogP contribution in [0.2, 0.25) is 0 Å². The first-order valence-corrected chi connectivity index (χ1v) is 8.30. The highest BCUT2D eigenvalue weighted by molar-refractivity contribution is 5.96. The fourth-order valence-electron chi connectivity index (χ4n) is 3.66. The van der Waals surface area contributed by atoms with Crippen molar-refractivity contribution in [2.45, 2.75) is 32.4 Å². The minimum Gasteiger partial charge on any atom is -0.345 e. The second-order valence-electron chi connectivity index (χ2n) is 6.46. The summed E-state index contributed by atoms with van der Waals surface area (Å²) in [5.74, 6) is -0.177. The maximum Gasteiger partial charge on any atom is 0.123 e. The third-order valence-corrected chi connectivity index (χ3v) is 4.86. The highest BCUT2D eigenvalue weighted by atomic mass is 19.1. The number of benzene rings is 2. The molecule has 1 N–H and O–H groups in total. The van der Waals surface area contributed by atoms with Crippen molar-refractivity contribution in [3.8, 4) is 11.1 Å². The van der Waals surface area contributed by atoms with E-state index in [1.54, 1.807) is 12.1 Å². The number of aromatic nitrogens is 1. The molecule has 23 heavy (non-hydrogen) atoms. The molecule has 3 heteroatoms. The number of aryl methyl sites for hydroxylation is 1. The van der Waals surface area contributed by atoms with Crippen LogP contribution >= 0.6 is 0 Å². The molecule has 2 aromatic carbocycles. The average Bonchev–Trinajstić information content (AvgIpc) is 3.17. The molecule has 3 aromatic rings. The summed E-state index contributed by atoms with van der Waals surface area (Å²) in [4.78, 5) is 0. The van der Waals surface area contributed by atoms with Crippen LogP contribution in [0.1, 0.15) is 18.4 Å². The van der Waals surface area contributed by atoms with Gasteiger partial charge in [0.1, 0.15) is 5.82 Å². The number of rotatable bonds is 3. The van der Waals surface area contributed by atoms with Gasteiger partial charge in [0, 0.05) is 35.2 Å². The van der Waals surface area contributed by atoms with Gasteiger partial charge in [-0.15, -0.1) is 0 Å². The minimum absolute atomic E-state index is 0.177. The Labute approximate surface area is 135 Å². The normalized spacial score (nSPS) is 17.9. The smallest absolute Gasteiger partial charge is 0.123 e. The first-order valence-electron chi connectivity index (χ1n) is 8.30. The summed E-state index contributed by atoms with van der Waals surface area (Å²) < 4.78 is 16.1. The molecule has 1 aromatic heterocycles. The van der Waals surface area contributed by atoms with E-state index in [1.165, 1.54) is 24.0 Å². The largest absolute Gasteiger partial charge is 0.345 e. The molecule has 0 saturated carbocycles. The van der Waals surface area contributed by atoms with Crippen LogP contribution in [0.4, 0.5) is 4.39 Å². The molecule has 2 heterocycles. The lowest BCUT2D eigenvalue weighted by Crippen LogP contribution is -2.26. The Bertz CT molecular complexity index is 844. The summed E-state index contributed by atoms with van der Waals surface area (Å²) in [6, 6.07) is 14.0. The molecular formula is C20H21FN2. The lowest BCUT2D eigenvalue weighted by molar-refractivity contribution is 0.519. The summed E-state index contributed by atoms with van der Waals surface area (Å²) in [6.45, 7) is 4.15. The second kappa shape index (κ2) is 5.82. The first-order chi connectivity index (χ1) is 11.2. The van der Waals surface area contributed by atoms with Gasteiger partial charge in [0.2, 0.25) is 0 Å². The van der Waals surface area contributed by atoms with Crippen molar-refractivity contribution in [1.29, 1.82) is 0 Å². The Morgan fingerprint density at radius 2 is 2.04 bits per heavy atom. The van der Waals surface area contributed by atoms with Crippen molar-refractivity contribution >= 4 is 10.9 Å². The zero-order valence-corrected chi connectivity index (χ0v) is 13.3. The Morgan fingerprint density at radius 3 is 2.83 bits per heavy atom. The molecule has 1 aliphatic rings. The average molecular weight is 308 g/mol. The van der Waals surface area contributed by atoms with Gasteiger partial charge in [-0.25, -0.2) is 4.39 Å². The van der Waals surface area contributed by atoms with Crippen LogP contribution in [0.5, 0.6) is 0 Å². The quantitative estimate of drug-likeness (QED) is 0.753. The maximum absolute atomic E-state index is 13.8. The molecule has 1 saturated heterocycles. The minimum atomic E-state index is -0.177. The van der Waals surface area contributed by atoms with Crippen molar-refractivity contribution in [2.24, 2.45) is 0 Å². The highest BCUT2D eigenvalue weighted by Gasteiger charge is 2.18. The summed E-state index contributed by atoms with van der Waals surface area (Å²) in [7, 11) is 0. The van der Waals surface area contributed by atoms with E-state index in [4.69, 9.17) is 0 Å². The van der Waals surface area contributed by atoms with E-state index >= 15 is 0 Å². The first kappa shape index (κ1) is 14.5. The van der Waals surface area contributed by atoms with Crippen molar-refractivity contribution in [3.05, 3.63) is 60.0 Å². The molecule has 0 radical (unpaired) electrons.